The zero-order valence-corrected chi connectivity index (χ0v) is 12.6. The second-order valence-corrected chi connectivity index (χ2v) is 6.31. The first-order chi connectivity index (χ1) is 8.77. The highest BCUT2D eigenvalue weighted by Crippen LogP contribution is 2.36. The number of aryl methyl sites for hydroxylation is 1. The van der Waals surface area contributed by atoms with E-state index in [1.54, 1.807) is 0 Å². The van der Waals surface area contributed by atoms with Crippen LogP contribution in [-0.2, 0) is 15.7 Å². The molecule has 2 rings (SSSR count). The quantitative estimate of drug-likeness (QED) is 0.844. The summed E-state index contributed by atoms with van der Waals surface area (Å²) < 4.78 is 12.1. The maximum atomic E-state index is 6.07. The van der Waals surface area contributed by atoms with E-state index in [0.717, 1.165) is 11.9 Å². The molecule has 0 atom stereocenters. The molecule has 1 heterocycles. The second-order valence-electron chi connectivity index (χ2n) is 6.31. The maximum Gasteiger partial charge on any atom is 0.494 e. The molecule has 1 aliphatic heterocycles. The Kier molecular flexibility index (Phi) is 3.78. The molecule has 19 heavy (non-hydrogen) atoms. The first-order valence-corrected chi connectivity index (χ1v) is 6.92. The van der Waals surface area contributed by atoms with Crippen molar-refractivity contribution in [1.29, 1.82) is 0 Å². The van der Waals surface area contributed by atoms with Crippen molar-refractivity contribution in [3.05, 3.63) is 29.3 Å². The van der Waals surface area contributed by atoms with E-state index in [0.29, 0.717) is 6.54 Å². The monoisotopic (exact) mass is 261 g/mol. The van der Waals surface area contributed by atoms with Crippen LogP contribution in [0.2, 0.25) is 0 Å². The highest BCUT2D eigenvalue weighted by Gasteiger charge is 2.51. The van der Waals surface area contributed by atoms with Crippen LogP contribution in [-0.4, -0.2) is 24.9 Å². The summed E-state index contributed by atoms with van der Waals surface area (Å²) in [6, 6.07) is 6.35. The molecule has 4 heteroatoms. The summed E-state index contributed by atoms with van der Waals surface area (Å²) in [5.41, 5.74) is 8.69. The summed E-state index contributed by atoms with van der Waals surface area (Å²) in [6.07, 6.45) is 0.888. The Morgan fingerprint density at radius 3 is 2.21 bits per heavy atom. The third kappa shape index (κ3) is 2.71. The fourth-order valence-corrected chi connectivity index (χ4v) is 2.24. The summed E-state index contributed by atoms with van der Waals surface area (Å²) in [6.45, 7) is 11.1. The summed E-state index contributed by atoms with van der Waals surface area (Å²) in [4.78, 5) is 0. The van der Waals surface area contributed by atoms with Crippen LogP contribution in [0.5, 0.6) is 0 Å². The fraction of sp³-hybridized carbons (Fsp3) is 0.600. The van der Waals surface area contributed by atoms with Gasteiger partial charge in [-0.1, -0.05) is 18.2 Å². The van der Waals surface area contributed by atoms with Gasteiger partial charge in [0.05, 0.1) is 11.2 Å². The molecule has 1 saturated heterocycles. The van der Waals surface area contributed by atoms with Crippen molar-refractivity contribution in [3.63, 3.8) is 0 Å². The highest BCUT2D eigenvalue weighted by atomic mass is 16.7. The van der Waals surface area contributed by atoms with Gasteiger partial charge >= 0.3 is 7.12 Å². The molecular weight excluding hydrogens is 237 g/mol. The number of hydrogen-bond acceptors (Lipinski definition) is 3. The zero-order chi connectivity index (χ0) is 14.3. The molecular formula is C15H24BNO2. The van der Waals surface area contributed by atoms with Crippen molar-refractivity contribution in [1.82, 2.24) is 0 Å². The van der Waals surface area contributed by atoms with Crippen LogP contribution >= 0.6 is 0 Å². The van der Waals surface area contributed by atoms with Crippen molar-refractivity contribution in [2.45, 2.75) is 52.2 Å². The molecule has 1 fully saturated rings. The third-order valence-electron chi connectivity index (χ3n) is 4.31. The standard InChI is InChI=1S/C15H24BNO2/c1-11-6-7-13(10-12(11)8-9-17)16-18-14(2,3)15(4,5)19-16/h6-7,10H,8-9,17H2,1-5H3. The van der Waals surface area contributed by atoms with Gasteiger partial charge < -0.3 is 15.0 Å². The van der Waals surface area contributed by atoms with Crippen LogP contribution in [0.3, 0.4) is 0 Å². The van der Waals surface area contributed by atoms with E-state index in [1.165, 1.54) is 11.1 Å². The fourth-order valence-electron chi connectivity index (χ4n) is 2.24. The van der Waals surface area contributed by atoms with Gasteiger partial charge in [-0.05, 0) is 64.2 Å². The lowest BCUT2D eigenvalue weighted by Crippen LogP contribution is -2.41. The first kappa shape index (κ1) is 14.6. The van der Waals surface area contributed by atoms with Crippen LogP contribution in [0.4, 0.5) is 0 Å². The molecule has 1 aromatic carbocycles. The molecule has 1 aromatic rings. The molecule has 2 N–H and O–H groups in total. The van der Waals surface area contributed by atoms with E-state index < -0.39 is 0 Å². The topological polar surface area (TPSA) is 44.5 Å². The van der Waals surface area contributed by atoms with Crippen LogP contribution in [0, 0.1) is 6.92 Å². The Hall–Kier alpha value is -0.835. The predicted molar refractivity (Wildman–Crippen MR) is 79.7 cm³/mol. The van der Waals surface area contributed by atoms with E-state index in [9.17, 15) is 0 Å². The summed E-state index contributed by atoms with van der Waals surface area (Å²) >= 11 is 0. The smallest absolute Gasteiger partial charge is 0.399 e. The Morgan fingerprint density at radius 2 is 1.68 bits per heavy atom. The van der Waals surface area contributed by atoms with E-state index >= 15 is 0 Å². The molecule has 104 valence electrons. The number of rotatable bonds is 3. The van der Waals surface area contributed by atoms with E-state index in [-0.39, 0.29) is 18.3 Å². The number of nitrogens with two attached hydrogens (primary N) is 1. The number of benzene rings is 1. The van der Waals surface area contributed by atoms with Gasteiger partial charge in [0.15, 0.2) is 0 Å². The molecule has 1 aliphatic rings. The minimum atomic E-state index is -0.295. The maximum absolute atomic E-state index is 6.07. The third-order valence-corrected chi connectivity index (χ3v) is 4.31. The van der Waals surface area contributed by atoms with Crippen molar-refractivity contribution in [2.75, 3.05) is 6.54 Å². The van der Waals surface area contributed by atoms with E-state index in [2.05, 4.69) is 52.8 Å². The van der Waals surface area contributed by atoms with Gasteiger partial charge in [0, 0.05) is 0 Å². The van der Waals surface area contributed by atoms with Gasteiger partial charge in [-0.3, -0.25) is 0 Å². The van der Waals surface area contributed by atoms with Crippen LogP contribution < -0.4 is 11.2 Å². The normalized spacial score (nSPS) is 20.8. The molecule has 0 unspecified atom stereocenters. The van der Waals surface area contributed by atoms with Gasteiger partial charge in [-0.15, -0.1) is 0 Å². The Bertz CT molecular complexity index is 455. The molecule has 0 spiro atoms. The number of hydrogen-bond donors (Lipinski definition) is 1. The molecule has 3 nitrogen and oxygen atoms in total. The lowest BCUT2D eigenvalue weighted by molar-refractivity contribution is 0.00578. The van der Waals surface area contributed by atoms with Crippen LogP contribution in [0.1, 0.15) is 38.8 Å². The van der Waals surface area contributed by atoms with E-state index in [1.807, 2.05) is 0 Å². The molecule has 0 amide bonds. The molecule has 0 bridgehead atoms. The van der Waals surface area contributed by atoms with E-state index in [4.69, 9.17) is 15.0 Å². The van der Waals surface area contributed by atoms with Crippen LogP contribution in [0.25, 0.3) is 0 Å². The minimum absolute atomic E-state index is 0.290. The first-order valence-electron chi connectivity index (χ1n) is 6.92. The van der Waals surface area contributed by atoms with Crippen molar-refractivity contribution >= 4 is 12.6 Å². The largest absolute Gasteiger partial charge is 0.494 e. The minimum Gasteiger partial charge on any atom is -0.399 e. The van der Waals surface area contributed by atoms with Crippen molar-refractivity contribution in [2.24, 2.45) is 5.73 Å². The second kappa shape index (κ2) is 4.93. The summed E-state index contributed by atoms with van der Waals surface area (Å²) in [5.74, 6) is 0. The molecule has 0 aliphatic carbocycles. The Labute approximate surface area is 116 Å². The van der Waals surface area contributed by atoms with Gasteiger partial charge in [0.1, 0.15) is 0 Å². The highest BCUT2D eigenvalue weighted by molar-refractivity contribution is 6.62. The Balaban J connectivity index is 2.27. The van der Waals surface area contributed by atoms with Crippen LogP contribution in [0.15, 0.2) is 18.2 Å². The van der Waals surface area contributed by atoms with Gasteiger partial charge in [-0.2, -0.15) is 0 Å². The SMILES string of the molecule is Cc1ccc(B2OC(C)(C)C(C)(C)O2)cc1CCN. The molecule has 0 saturated carbocycles. The van der Waals surface area contributed by atoms with Crippen molar-refractivity contribution in [3.8, 4) is 0 Å². The average molecular weight is 261 g/mol. The lowest BCUT2D eigenvalue weighted by atomic mass is 9.77. The van der Waals surface area contributed by atoms with Gasteiger partial charge in [0.2, 0.25) is 0 Å². The average Bonchev–Trinajstić information content (AvgIpc) is 2.51. The van der Waals surface area contributed by atoms with Gasteiger partial charge in [-0.25, -0.2) is 0 Å². The Morgan fingerprint density at radius 1 is 1.11 bits per heavy atom. The summed E-state index contributed by atoms with van der Waals surface area (Å²) in [7, 11) is -0.290. The molecule has 0 aromatic heterocycles. The van der Waals surface area contributed by atoms with Crippen molar-refractivity contribution < 1.29 is 9.31 Å². The predicted octanol–water partition coefficient (Wildman–Crippen LogP) is 1.80. The van der Waals surface area contributed by atoms with Gasteiger partial charge in [0.25, 0.3) is 0 Å². The lowest BCUT2D eigenvalue weighted by Gasteiger charge is -2.32. The zero-order valence-electron chi connectivity index (χ0n) is 12.6. The summed E-state index contributed by atoms with van der Waals surface area (Å²) in [5, 5.41) is 0. The molecule has 0 radical (unpaired) electrons.